The molecule has 1 aliphatic carbocycles. The molecule has 1 aromatic heterocycles. The van der Waals surface area contributed by atoms with Crippen molar-refractivity contribution in [3.8, 4) is 0 Å². The minimum absolute atomic E-state index is 0. The van der Waals surface area contributed by atoms with Crippen LogP contribution in [-0.2, 0) is 11.3 Å². The second-order valence-corrected chi connectivity index (χ2v) is 5.65. The summed E-state index contributed by atoms with van der Waals surface area (Å²) in [5.41, 5.74) is 11.2. The third kappa shape index (κ3) is 5.03. The zero-order chi connectivity index (χ0) is 15.2. The van der Waals surface area contributed by atoms with Crippen LogP contribution in [0.4, 0.5) is 0 Å². The van der Waals surface area contributed by atoms with E-state index in [1.807, 2.05) is 0 Å². The molecule has 1 unspecified atom stereocenters. The molecule has 1 aliphatic rings. The van der Waals surface area contributed by atoms with Gasteiger partial charge in [0, 0.05) is 12.5 Å². The molecule has 0 spiro atoms. The highest BCUT2D eigenvalue weighted by atomic mass is 35.5. The van der Waals surface area contributed by atoms with Crippen LogP contribution in [0.15, 0.2) is 16.7 Å². The summed E-state index contributed by atoms with van der Waals surface area (Å²) in [7, 11) is 0. The molecular weight excluding hydrogens is 306 g/mol. The van der Waals surface area contributed by atoms with Crippen molar-refractivity contribution in [2.75, 3.05) is 0 Å². The van der Waals surface area contributed by atoms with Crippen LogP contribution in [-0.4, -0.2) is 17.9 Å². The predicted octanol–water partition coefficient (Wildman–Crippen LogP) is 1.71. The van der Waals surface area contributed by atoms with E-state index < -0.39 is 0 Å². The van der Waals surface area contributed by atoms with E-state index in [4.69, 9.17) is 15.9 Å². The van der Waals surface area contributed by atoms with Gasteiger partial charge in [0.15, 0.2) is 0 Å². The van der Waals surface area contributed by atoms with Gasteiger partial charge < -0.3 is 21.2 Å². The van der Waals surface area contributed by atoms with Gasteiger partial charge in [-0.2, -0.15) is 0 Å². The van der Waals surface area contributed by atoms with E-state index in [1.54, 1.807) is 6.07 Å². The van der Waals surface area contributed by atoms with Crippen LogP contribution in [0, 0.1) is 5.92 Å². The summed E-state index contributed by atoms with van der Waals surface area (Å²) >= 11 is 0. The fourth-order valence-corrected chi connectivity index (χ4v) is 2.95. The lowest BCUT2D eigenvalue weighted by atomic mass is 9.82. The molecule has 1 aromatic rings. The Morgan fingerprint density at radius 2 is 2.00 bits per heavy atom. The maximum atomic E-state index is 12.2. The zero-order valence-electron chi connectivity index (χ0n) is 12.5. The number of carbonyl (C=O) groups excluding carboxylic acids is 2. The number of carbonyl (C=O) groups is 2. The molecule has 0 aliphatic heterocycles. The first-order valence-corrected chi connectivity index (χ1v) is 7.46. The van der Waals surface area contributed by atoms with Crippen molar-refractivity contribution in [3.05, 3.63) is 23.7 Å². The summed E-state index contributed by atoms with van der Waals surface area (Å²) in [5.74, 6) is 0.247. The second kappa shape index (κ2) is 8.80. The molecule has 7 heteroatoms. The van der Waals surface area contributed by atoms with Crippen molar-refractivity contribution in [1.82, 2.24) is 5.32 Å². The number of halogens is 1. The molecule has 2 rings (SSSR count). The van der Waals surface area contributed by atoms with Gasteiger partial charge in [0.2, 0.25) is 5.91 Å². The van der Waals surface area contributed by atoms with Crippen molar-refractivity contribution in [3.63, 3.8) is 0 Å². The smallest absolute Gasteiger partial charge is 0.254 e. The molecule has 2 amide bonds. The SMILES string of the molecule is Cl.NCc1cc(C(=O)NC(CC(N)=O)C2CCCCC2)co1. The number of nitrogens with one attached hydrogen (secondary N) is 1. The predicted molar refractivity (Wildman–Crippen MR) is 85.5 cm³/mol. The van der Waals surface area contributed by atoms with E-state index >= 15 is 0 Å². The lowest BCUT2D eigenvalue weighted by Crippen LogP contribution is -2.43. The molecule has 0 aromatic carbocycles. The largest absolute Gasteiger partial charge is 0.467 e. The number of hydrogen-bond donors (Lipinski definition) is 3. The van der Waals surface area contributed by atoms with Crippen molar-refractivity contribution < 1.29 is 14.0 Å². The van der Waals surface area contributed by atoms with E-state index in [0.717, 1.165) is 25.7 Å². The number of nitrogens with two attached hydrogens (primary N) is 2. The van der Waals surface area contributed by atoms with Crippen molar-refractivity contribution >= 4 is 24.2 Å². The van der Waals surface area contributed by atoms with Gasteiger partial charge in [0.1, 0.15) is 12.0 Å². The van der Waals surface area contributed by atoms with E-state index in [0.29, 0.717) is 17.2 Å². The molecule has 0 radical (unpaired) electrons. The van der Waals surface area contributed by atoms with Gasteiger partial charge >= 0.3 is 0 Å². The molecule has 1 fully saturated rings. The molecule has 0 bridgehead atoms. The molecule has 6 nitrogen and oxygen atoms in total. The summed E-state index contributed by atoms with van der Waals surface area (Å²) in [6.07, 6.45) is 7.11. The molecule has 5 N–H and O–H groups in total. The highest BCUT2D eigenvalue weighted by molar-refractivity contribution is 5.94. The average molecular weight is 330 g/mol. The Hall–Kier alpha value is -1.53. The maximum absolute atomic E-state index is 12.2. The van der Waals surface area contributed by atoms with E-state index in [-0.39, 0.29) is 43.2 Å². The summed E-state index contributed by atoms with van der Waals surface area (Å²) in [6.45, 7) is 0.251. The third-order valence-corrected chi connectivity index (χ3v) is 4.07. The Morgan fingerprint density at radius 3 is 2.55 bits per heavy atom. The van der Waals surface area contributed by atoms with Gasteiger partial charge in [-0.3, -0.25) is 9.59 Å². The van der Waals surface area contributed by atoms with E-state index in [2.05, 4.69) is 5.32 Å². The van der Waals surface area contributed by atoms with Gasteiger partial charge in [0.25, 0.3) is 5.91 Å². The number of hydrogen-bond acceptors (Lipinski definition) is 4. The van der Waals surface area contributed by atoms with Gasteiger partial charge in [-0.25, -0.2) is 0 Å². The molecule has 22 heavy (non-hydrogen) atoms. The summed E-state index contributed by atoms with van der Waals surface area (Å²) < 4.78 is 5.17. The lowest BCUT2D eigenvalue weighted by molar-refractivity contribution is -0.118. The van der Waals surface area contributed by atoms with Crippen LogP contribution < -0.4 is 16.8 Å². The lowest BCUT2D eigenvalue weighted by Gasteiger charge is -2.30. The molecule has 124 valence electrons. The van der Waals surface area contributed by atoms with Crippen LogP contribution >= 0.6 is 12.4 Å². The second-order valence-electron chi connectivity index (χ2n) is 5.65. The van der Waals surface area contributed by atoms with E-state index in [1.165, 1.54) is 12.7 Å². The maximum Gasteiger partial charge on any atom is 0.254 e. The highest BCUT2D eigenvalue weighted by Gasteiger charge is 2.27. The standard InChI is InChI=1S/C15H23N3O3.ClH/c16-8-12-6-11(9-21-12)15(20)18-13(7-14(17)19)10-4-2-1-3-5-10;/h6,9-10,13H,1-5,7-8,16H2,(H2,17,19)(H,18,20);1H. The fourth-order valence-electron chi connectivity index (χ4n) is 2.95. The Bertz CT molecular complexity index is 498. The summed E-state index contributed by atoms with van der Waals surface area (Å²) in [6, 6.07) is 1.42. The van der Waals surface area contributed by atoms with Crippen LogP contribution in [0.3, 0.4) is 0 Å². The molecule has 1 saturated carbocycles. The number of furan rings is 1. The first-order valence-electron chi connectivity index (χ1n) is 7.46. The van der Waals surface area contributed by atoms with Gasteiger partial charge in [-0.15, -0.1) is 12.4 Å². The number of amides is 2. The molecular formula is C15H24ClN3O3. The monoisotopic (exact) mass is 329 g/mol. The Kier molecular flexibility index (Phi) is 7.41. The fraction of sp³-hybridized carbons (Fsp3) is 0.600. The Morgan fingerprint density at radius 1 is 1.32 bits per heavy atom. The number of rotatable bonds is 6. The third-order valence-electron chi connectivity index (χ3n) is 4.07. The highest BCUT2D eigenvalue weighted by Crippen LogP contribution is 2.28. The molecule has 1 heterocycles. The molecule has 1 atom stereocenters. The van der Waals surface area contributed by atoms with Crippen LogP contribution in [0.2, 0.25) is 0 Å². The van der Waals surface area contributed by atoms with Crippen molar-refractivity contribution in [2.24, 2.45) is 17.4 Å². The van der Waals surface area contributed by atoms with Gasteiger partial charge in [-0.1, -0.05) is 19.3 Å². The average Bonchev–Trinajstić information content (AvgIpc) is 2.96. The normalized spacial score (nSPS) is 16.6. The minimum atomic E-state index is -0.388. The summed E-state index contributed by atoms with van der Waals surface area (Å²) in [5, 5.41) is 2.93. The quantitative estimate of drug-likeness (QED) is 0.737. The zero-order valence-corrected chi connectivity index (χ0v) is 13.4. The molecule has 0 saturated heterocycles. The van der Waals surface area contributed by atoms with Gasteiger partial charge in [0.05, 0.1) is 12.1 Å². The first-order chi connectivity index (χ1) is 10.1. The van der Waals surface area contributed by atoms with Crippen LogP contribution in [0.25, 0.3) is 0 Å². The van der Waals surface area contributed by atoms with Crippen molar-refractivity contribution in [1.29, 1.82) is 0 Å². The Balaban J connectivity index is 0.00000242. The van der Waals surface area contributed by atoms with E-state index in [9.17, 15) is 9.59 Å². The van der Waals surface area contributed by atoms with Crippen molar-refractivity contribution in [2.45, 2.75) is 51.1 Å². The topological polar surface area (TPSA) is 111 Å². The van der Waals surface area contributed by atoms with Crippen LogP contribution in [0.5, 0.6) is 0 Å². The first kappa shape index (κ1) is 18.5. The minimum Gasteiger partial charge on any atom is -0.467 e. The van der Waals surface area contributed by atoms with Crippen LogP contribution in [0.1, 0.15) is 54.6 Å². The Labute approximate surface area is 136 Å². The summed E-state index contributed by atoms with van der Waals surface area (Å²) in [4.78, 5) is 23.5. The number of primary amides is 1. The van der Waals surface area contributed by atoms with Gasteiger partial charge in [-0.05, 0) is 24.8 Å².